The predicted molar refractivity (Wildman–Crippen MR) is 113 cm³/mol. The van der Waals surface area contributed by atoms with Gasteiger partial charge in [-0.15, -0.1) is 0 Å². The van der Waals surface area contributed by atoms with Gasteiger partial charge in [-0.2, -0.15) is 13.2 Å². The topological polar surface area (TPSA) is 69.6 Å². The van der Waals surface area contributed by atoms with E-state index in [9.17, 15) is 27.2 Å². The Morgan fingerprint density at radius 3 is 2.59 bits per heavy atom. The summed E-state index contributed by atoms with van der Waals surface area (Å²) in [5, 5.41) is 0. The molecule has 2 aromatic rings. The molecule has 1 unspecified atom stereocenters. The van der Waals surface area contributed by atoms with Crippen LogP contribution in [0.1, 0.15) is 35.7 Å². The highest BCUT2D eigenvalue weighted by Crippen LogP contribution is 2.35. The first-order chi connectivity index (χ1) is 16.2. The van der Waals surface area contributed by atoms with Crippen molar-refractivity contribution in [2.75, 3.05) is 37.6 Å². The van der Waals surface area contributed by atoms with E-state index in [4.69, 9.17) is 0 Å². The molecule has 0 N–H and O–H groups in total. The average molecular weight is 477 g/mol. The average Bonchev–Trinajstić information content (AvgIpc) is 2.83. The van der Waals surface area contributed by atoms with Crippen molar-refractivity contribution < 1.29 is 27.2 Å². The highest BCUT2D eigenvalue weighted by Gasteiger charge is 2.41. The third kappa shape index (κ3) is 4.07. The van der Waals surface area contributed by atoms with Crippen LogP contribution in [0.2, 0.25) is 0 Å². The summed E-state index contributed by atoms with van der Waals surface area (Å²) in [5.74, 6) is -0.963. The van der Waals surface area contributed by atoms with Gasteiger partial charge in [-0.25, -0.2) is 14.4 Å². The number of alkyl halides is 3. The fourth-order valence-corrected chi connectivity index (χ4v) is 5.14. The second-order valence-electron chi connectivity index (χ2n) is 8.88. The highest BCUT2D eigenvalue weighted by atomic mass is 19.4. The molecular weight excluding hydrogens is 454 g/mol. The largest absolute Gasteiger partial charge is 0.433 e. The van der Waals surface area contributed by atoms with Crippen LogP contribution in [-0.4, -0.2) is 64.3 Å². The SMILES string of the molecule is O=C(C1CCN(c2nccc(C(F)(F)F)n2)CC1)N1CC(=O)N2CCc3c(F)cccc3C2C1. The second-order valence-corrected chi connectivity index (χ2v) is 8.88. The molecule has 1 aromatic carbocycles. The minimum atomic E-state index is -4.55. The molecule has 180 valence electrons. The molecule has 1 atom stereocenters. The summed E-state index contributed by atoms with van der Waals surface area (Å²) < 4.78 is 53.2. The number of piperidine rings is 1. The highest BCUT2D eigenvalue weighted by molar-refractivity contribution is 5.88. The maximum absolute atomic E-state index is 14.3. The monoisotopic (exact) mass is 477 g/mol. The Labute approximate surface area is 193 Å². The number of aromatic nitrogens is 2. The van der Waals surface area contributed by atoms with E-state index in [1.54, 1.807) is 20.8 Å². The maximum Gasteiger partial charge on any atom is 0.433 e. The summed E-state index contributed by atoms with van der Waals surface area (Å²) in [6.07, 6.45) is -2.18. The summed E-state index contributed by atoms with van der Waals surface area (Å²) in [4.78, 5) is 38.5. The van der Waals surface area contributed by atoms with Crippen LogP contribution in [0, 0.1) is 11.7 Å². The Morgan fingerprint density at radius 2 is 1.85 bits per heavy atom. The van der Waals surface area contributed by atoms with Gasteiger partial charge in [0.2, 0.25) is 17.8 Å². The number of amides is 2. The predicted octanol–water partition coefficient (Wildman–Crippen LogP) is 2.82. The molecular formula is C23H23F4N5O2. The minimum absolute atomic E-state index is 0.00893. The van der Waals surface area contributed by atoms with Crippen LogP contribution in [0.5, 0.6) is 0 Å². The molecule has 2 amide bonds. The number of hydrogen-bond acceptors (Lipinski definition) is 5. The zero-order valence-corrected chi connectivity index (χ0v) is 18.3. The van der Waals surface area contributed by atoms with Crippen molar-refractivity contribution in [2.24, 2.45) is 5.92 Å². The first-order valence-electron chi connectivity index (χ1n) is 11.2. The molecule has 2 saturated heterocycles. The number of fused-ring (bicyclic) bond motifs is 3. The van der Waals surface area contributed by atoms with E-state index in [-0.39, 0.29) is 42.1 Å². The number of rotatable bonds is 2. The molecule has 4 heterocycles. The molecule has 3 aliphatic heterocycles. The lowest BCUT2D eigenvalue weighted by molar-refractivity contribution is -0.151. The molecule has 0 bridgehead atoms. The summed E-state index contributed by atoms with van der Waals surface area (Å²) in [5.41, 5.74) is 0.338. The quantitative estimate of drug-likeness (QED) is 0.623. The standard InChI is InChI=1S/C23H23F4N5O2/c24-17-3-1-2-16-15(17)7-11-32-18(16)12-31(13-20(32)33)21(34)14-5-9-30(10-6-14)22-28-8-4-19(29-22)23(25,26)27/h1-4,8,14,18H,5-7,9-13H2. The summed E-state index contributed by atoms with van der Waals surface area (Å²) >= 11 is 0. The molecule has 2 fully saturated rings. The molecule has 34 heavy (non-hydrogen) atoms. The van der Waals surface area contributed by atoms with E-state index in [2.05, 4.69) is 9.97 Å². The number of benzene rings is 1. The van der Waals surface area contributed by atoms with Crippen molar-refractivity contribution in [3.05, 3.63) is 53.1 Å². The number of hydrogen-bond donors (Lipinski definition) is 0. The Morgan fingerprint density at radius 1 is 1.09 bits per heavy atom. The van der Waals surface area contributed by atoms with Gasteiger partial charge in [0.15, 0.2) is 0 Å². The van der Waals surface area contributed by atoms with Gasteiger partial charge >= 0.3 is 6.18 Å². The van der Waals surface area contributed by atoms with E-state index in [1.807, 2.05) is 6.07 Å². The van der Waals surface area contributed by atoms with Gasteiger partial charge in [-0.3, -0.25) is 9.59 Å². The molecule has 3 aliphatic rings. The molecule has 0 aliphatic carbocycles. The second kappa shape index (κ2) is 8.52. The van der Waals surface area contributed by atoms with E-state index >= 15 is 0 Å². The van der Waals surface area contributed by atoms with Crippen LogP contribution in [0.25, 0.3) is 0 Å². The van der Waals surface area contributed by atoms with E-state index in [0.717, 1.165) is 17.8 Å². The first kappa shape index (κ1) is 22.5. The maximum atomic E-state index is 14.3. The van der Waals surface area contributed by atoms with Crippen molar-refractivity contribution in [3.8, 4) is 0 Å². The first-order valence-corrected chi connectivity index (χ1v) is 11.2. The summed E-state index contributed by atoms with van der Waals surface area (Å²) in [7, 11) is 0. The van der Waals surface area contributed by atoms with Crippen LogP contribution >= 0.6 is 0 Å². The third-order valence-corrected chi connectivity index (χ3v) is 6.90. The van der Waals surface area contributed by atoms with E-state index < -0.39 is 11.9 Å². The molecule has 11 heteroatoms. The van der Waals surface area contributed by atoms with Crippen LogP contribution in [-0.2, 0) is 22.2 Å². The van der Waals surface area contributed by atoms with Crippen LogP contribution < -0.4 is 4.90 Å². The summed E-state index contributed by atoms with van der Waals surface area (Å²) in [6.45, 7) is 1.38. The number of nitrogens with zero attached hydrogens (tertiary/aromatic N) is 5. The Hall–Kier alpha value is -3.24. The number of carbonyl (C=O) groups excluding carboxylic acids is 2. The molecule has 0 radical (unpaired) electrons. The number of carbonyl (C=O) groups is 2. The fourth-order valence-electron chi connectivity index (χ4n) is 5.14. The van der Waals surface area contributed by atoms with Gasteiger partial charge in [0.25, 0.3) is 0 Å². The van der Waals surface area contributed by atoms with Crippen molar-refractivity contribution in [1.29, 1.82) is 0 Å². The molecule has 0 saturated carbocycles. The fraction of sp³-hybridized carbons (Fsp3) is 0.478. The van der Waals surface area contributed by atoms with Crippen molar-refractivity contribution in [2.45, 2.75) is 31.5 Å². The van der Waals surface area contributed by atoms with Crippen molar-refractivity contribution in [1.82, 2.24) is 19.8 Å². The van der Waals surface area contributed by atoms with Gasteiger partial charge < -0.3 is 14.7 Å². The van der Waals surface area contributed by atoms with Crippen LogP contribution in [0.15, 0.2) is 30.5 Å². The minimum Gasteiger partial charge on any atom is -0.341 e. The van der Waals surface area contributed by atoms with Crippen molar-refractivity contribution >= 4 is 17.8 Å². The lowest BCUT2D eigenvalue weighted by Gasteiger charge is -2.45. The van der Waals surface area contributed by atoms with Crippen molar-refractivity contribution in [3.63, 3.8) is 0 Å². The number of anilines is 1. The lowest BCUT2D eigenvalue weighted by Crippen LogP contribution is -2.57. The van der Waals surface area contributed by atoms with Gasteiger partial charge in [0, 0.05) is 38.3 Å². The smallest absolute Gasteiger partial charge is 0.341 e. The normalized spacial score (nSPS) is 21.4. The van der Waals surface area contributed by atoms with Gasteiger partial charge in [0.1, 0.15) is 11.5 Å². The zero-order chi connectivity index (χ0) is 24.0. The van der Waals surface area contributed by atoms with Gasteiger partial charge in [0.05, 0.1) is 12.6 Å². The van der Waals surface area contributed by atoms with E-state index in [0.29, 0.717) is 51.0 Å². The summed E-state index contributed by atoms with van der Waals surface area (Å²) in [6, 6.07) is 5.29. The van der Waals surface area contributed by atoms with Gasteiger partial charge in [-0.05, 0) is 42.5 Å². The molecule has 7 nitrogen and oxygen atoms in total. The number of halogens is 4. The van der Waals surface area contributed by atoms with Crippen LogP contribution in [0.4, 0.5) is 23.5 Å². The Bertz CT molecular complexity index is 1120. The lowest BCUT2D eigenvalue weighted by atomic mass is 9.89. The third-order valence-electron chi connectivity index (χ3n) is 6.90. The van der Waals surface area contributed by atoms with Crippen LogP contribution in [0.3, 0.4) is 0 Å². The van der Waals surface area contributed by atoms with E-state index in [1.165, 1.54) is 6.07 Å². The Kier molecular flexibility index (Phi) is 5.65. The number of piperazine rings is 1. The molecule has 0 spiro atoms. The Balaban J connectivity index is 1.26. The molecule has 5 rings (SSSR count). The zero-order valence-electron chi connectivity index (χ0n) is 18.3. The molecule has 1 aromatic heterocycles. The van der Waals surface area contributed by atoms with Gasteiger partial charge in [-0.1, -0.05) is 12.1 Å².